The summed E-state index contributed by atoms with van der Waals surface area (Å²) in [6.45, 7) is 0. The summed E-state index contributed by atoms with van der Waals surface area (Å²) in [4.78, 5) is 34.6. The molecule has 0 bridgehead atoms. The SMILES string of the molecule is O=C(O)C(=O)c1ccc2oc(=O)[nH]c2c1. The molecule has 2 N–H and O–H groups in total. The predicted molar refractivity (Wildman–Crippen MR) is 48.8 cm³/mol. The van der Waals surface area contributed by atoms with Crippen LogP contribution < -0.4 is 5.76 Å². The molecule has 1 aromatic carbocycles. The van der Waals surface area contributed by atoms with Crippen molar-refractivity contribution >= 4 is 22.9 Å². The maximum absolute atomic E-state index is 11.1. The van der Waals surface area contributed by atoms with Crippen molar-refractivity contribution in [2.24, 2.45) is 0 Å². The van der Waals surface area contributed by atoms with Gasteiger partial charge in [0.15, 0.2) is 5.58 Å². The molecule has 0 fully saturated rings. The van der Waals surface area contributed by atoms with Crippen LogP contribution in [0.2, 0.25) is 0 Å². The van der Waals surface area contributed by atoms with E-state index in [1.54, 1.807) is 0 Å². The number of nitrogens with one attached hydrogen (secondary N) is 1. The fourth-order valence-corrected chi connectivity index (χ4v) is 1.22. The van der Waals surface area contributed by atoms with Crippen molar-refractivity contribution in [3.8, 4) is 0 Å². The molecule has 0 spiro atoms. The predicted octanol–water partition coefficient (Wildman–Crippen LogP) is 0.388. The van der Waals surface area contributed by atoms with Crippen LogP contribution in [0.4, 0.5) is 0 Å². The van der Waals surface area contributed by atoms with Gasteiger partial charge >= 0.3 is 11.7 Å². The average Bonchev–Trinajstić information content (AvgIpc) is 2.55. The molecule has 0 radical (unpaired) electrons. The molecule has 2 rings (SSSR count). The van der Waals surface area contributed by atoms with E-state index in [-0.39, 0.29) is 11.1 Å². The summed E-state index contributed by atoms with van der Waals surface area (Å²) in [5.74, 6) is -3.22. The van der Waals surface area contributed by atoms with Crippen molar-refractivity contribution in [3.63, 3.8) is 0 Å². The van der Waals surface area contributed by atoms with Gasteiger partial charge < -0.3 is 9.52 Å². The van der Waals surface area contributed by atoms with Gasteiger partial charge in [-0.05, 0) is 18.2 Å². The van der Waals surface area contributed by atoms with Crippen LogP contribution in [0.5, 0.6) is 0 Å². The molecule has 0 saturated carbocycles. The minimum absolute atomic E-state index is 0.00736. The number of aliphatic carboxylic acids is 1. The minimum atomic E-state index is -1.54. The number of rotatable bonds is 2. The molecule has 0 aliphatic carbocycles. The quantitative estimate of drug-likeness (QED) is 0.548. The first-order valence-electron chi connectivity index (χ1n) is 3.98. The Morgan fingerprint density at radius 1 is 1.33 bits per heavy atom. The molecular formula is C9H5NO5. The van der Waals surface area contributed by atoms with Crippen LogP contribution in [-0.4, -0.2) is 21.8 Å². The lowest BCUT2D eigenvalue weighted by Crippen LogP contribution is -2.12. The molecule has 0 aliphatic heterocycles. The van der Waals surface area contributed by atoms with E-state index in [4.69, 9.17) is 9.52 Å². The minimum Gasteiger partial charge on any atom is -0.475 e. The number of carboxylic acid groups (broad SMARTS) is 1. The fraction of sp³-hybridized carbons (Fsp3) is 0. The molecule has 0 saturated heterocycles. The summed E-state index contributed by atoms with van der Waals surface area (Å²) >= 11 is 0. The number of carbonyl (C=O) groups excluding carboxylic acids is 1. The van der Waals surface area contributed by atoms with Gasteiger partial charge in [0.05, 0.1) is 5.52 Å². The zero-order valence-electron chi connectivity index (χ0n) is 7.31. The van der Waals surface area contributed by atoms with Gasteiger partial charge in [0.1, 0.15) is 0 Å². The lowest BCUT2D eigenvalue weighted by Gasteiger charge is -1.94. The number of hydrogen-bond donors (Lipinski definition) is 2. The van der Waals surface area contributed by atoms with E-state index in [0.29, 0.717) is 5.52 Å². The van der Waals surface area contributed by atoms with Crippen LogP contribution in [0.15, 0.2) is 27.4 Å². The van der Waals surface area contributed by atoms with Crippen LogP contribution in [0.1, 0.15) is 10.4 Å². The first-order valence-corrected chi connectivity index (χ1v) is 3.98. The second-order valence-electron chi connectivity index (χ2n) is 2.86. The Morgan fingerprint density at radius 3 is 2.73 bits per heavy atom. The highest BCUT2D eigenvalue weighted by Crippen LogP contribution is 2.12. The third kappa shape index (κ3) is 1.52. The Morgan fingerprint density at radius 2 is 2.07 bits per heavy atom. The third-order valence-electron chi connectivity index (χ3n) is 1.88. The molecule has 0 amide bonds. The van der Waals surface area contributed by atoms with Gasteiger partial charge in [0.25, 0.3) is 5.78 Å². The molecule has 6 nitrogen and oxygen atoms in total. The first-order chi connectivity index (χ1) is 7.08. The van der Waals surface area contributed by atoms with Gasteiger partial charge in [0, 0.05) is 5.56 Å². The zero-order chi connectivity index (χ0) is 11.0. The van der Waals surface area contributed by atoms with Gasteiger partial charge in [-0.2, -0.15) is 0 Å². The number of oxazole rings is 1. The highest BCUT2D eigenvalue weighted by molar-refractivity contribution is 6.40. The molecule has 0 atom stereocenters. The molecule has 0 unspecified atom stereocenters. The number of fused-ring (bicyclic) bond motifs is 1. The van der Waals surface area contributed by atoms with Crippen molar-refractivity contribution < 1.29 is 19.1 Å². The highest BCUT2D eigenvalue weighted by Gasteiger charge is 2.15. The van der Waals surface area contributed by atoms with E-state index in [1.807, 2.05) is 0 Å². The Bertz CT molecular complexity index is 606. The summed E-state index contributed by atoms with van der Waals surface area (Å²) in [6.07, 6.45) is 0. The Kier molecular flexibility index (Phi) is 1.89. The van der Waals surface area contributed by atoms with E-state index in [9.17, 15) is 14.4 Å². The van der Waals surface area contributed by atoms with Gasteiger partial charge in [-0.1, -0.05) is 0 Å². The molecule has 1 aromatic heterocycles. The van der Waals surface area contributed by atoms with Crippen LogP contribution in [0, 0.1) is 0 Å². The van der Waals surface area contributed by atoms with Crippen molar-refractivity contribution in [2.75, 3.05) is 0 Å². The van der Waals surface area contributed by atoms with Crippen molar-refractivity contribution in [2.45, 2.75) is 0 Å². The molecule has 1 heterocycles. The van der Waals surface area contributed by atoms with Gasteiger partial charge in [-0.15, -0.1) is 0 Å². The Labute approximate surface area is 82.1 Å². The van der Waals surface area contributed by atoms with Crippen molar-refractivity contribution in [3.05, 3.63) is 34.3 Å². The fourth-order valence-electron chi connectivity index (χ4n) is 1.22. The van der Waals surface area contributed by atoms with E-state index in [2.05, 4.69) is 4.98 Å². The number of hydrogen-bond acceptors (Lipinski definition) is 4. The smallest absolute Gasteiger partial charge is 0.417 e. The van der Waals surface area contributed by atoms with Gasteiger partial charge in [0.2, 0.25) is 0 Å². The second-order valence-corrected chi connectivity index (χ2v) is 2.86. The van der Waals surface area contributed by atoms with Crippen LogP contribution in [0.25, 0.3) is 11.1 Å². The van der Waals surface area contributed by atoms with E-state index < -0.39 is 17.5 Å². The normalized spacial score (nSPS) is 10.4. The molecule has 76 valence electrons. The van der Waals surface area contributed by atoms with Crippen LogP contribution in [-0.2, 0) is 4.79 Å². The van der Waals surface area contributed by atoms with Crippen LogP contribution >= 0.6 is 0 Å². The number of Topliss-reactive ketones (excluding diaryl/α,β-unsaturated/α-hetero) is 1. The number of H-pyrrole nitrogens is 1. The van der Waals surface area contributed by atoms with Crippen molar-refractivity contribution in [1.82, 2.24) is 4.98 Å². The number of ketones is 1. The van der Waals surface area contributed by atoms with Crippen molar-refractivity contribution in [1.29, 1.82) is 0 Å². The summed E-state index contributed by atoms with van der Waals surface area (Å²) < 4.78 is 4.69. The summed E-state index contributed by atoms with van der Waals surface area (Å²) in [5, 5.41) is 8.47. The maximum Gasteiger partial charge on any atom is 0.417 e. The van der Waals surface area contributed by atoms with Gasteiger partial charge in [-0.3, -0.25) is 9.78 Å². The maximum atomic E-state index is 11.1. The van der Waals surface area contributed by atoms with Gasteiger partial charge in [-0.25, -0.2) is 9.59 Å². The lowest BCUT2D eigenvalue weighted by molar-refractivity contribution is -0.131. The number of aromatic amines is 1. The molecule has 2 aromatic rings. The number of benzene rings is 1. The largest absolute Gasteiger partial charge is 0.475 e. The monoisotopic (exact) mass is 207 g/mol. The first kappa shape index (κ1) is 9.20. The van der Waals surface area contributed by atoms with Crippen LogP contribution in [0.3, 0.4) is 0 Å². The summed E-state index contributed by atoms with van der Waals surface area (Å²) in [7, 11) is 0. The Hall–Kier alpha value is -2.37. The topological polar surface area (TPSA) is 100 Å². The number of aromatic nitrogens is 1. The average molecular weight is 207 g/mol. The summed E-state index contributed by atoms with van der Waals surface area (Å²) in [5.41, 5.74) is 0.570. The van der Waals surface area contributed by atoms with E-state index in [1.165, 1.54) is 18.2 Å². The lowest BCUT2D eigenvalue weighted by atomic mass is 10.1. The number of carbonyl (C=O) groups is 2. The van der Waals surface area contributed by atoms with E-state index in [0.717, 1.165) is 0 Å². The Balaban J connectivity index is 2.60. The standard InChI is InChI=1S/C9H5NO5/c11-7(8(12)13)4-1-2-6-5(3-4)10-9(14)15-6/h1-3H,(H,10,14)(H,12,13). The third-order valence-corrected chi connectivity index (χ3v) is 1.88. The molecule has 0 aliphatic rings. The highest BCUT2D eigenvalue weighted by atomic mass is 16.4. The number of carboxylic acids is 1. The molecule has 15 heavy (non-hydrogen) atoms. The summed E-state index contributed by atoms with van der Waals surface area (Å²) in [6, 6.07) is 3.91. The molecular weight excluding hydrogens is 202 g/mol. The second kappa shape index (κ2) is 3.09. The van der Waals surface area contributed by atoms with E-state index >= 15 is 0 Å². The molecule has 6 heteroatoms. The zero-order valence-corrected chi connectivity index (χ0v) is 7.31.